The summed E-state index contributed by atoms with van der Waals surface area (Å²) in [7, 11) is -3.49. The van der Waals surface area contributed by atoms with Crippen LogP contribution in [-0.4, -0.2) is 31.8 Å². The molecule has 0 bridgehead atoms. The minimum atomic E-state index is -3.49. The number of ether oxygens (including phenoxy) is 1. The van der Waals surface area contributed by atoms with Gasteiger partial charge >= 0.3 is 0 Å². The standard InChI is InChI=1S/C21H20FNO4S/c22-16-5-7-17(8-6-16)28(25,26)13-15-11-19-18-3-1-2-4-20(18)23(21(19)12-15)9-10-27-14-24/h1-8,14-15H,9-13H2/t15-/m0/s1. The zero-order valence-corrected chi connectivity index (χ0v) is 16.0. The molecule has 2 aromatic carbocycles. The van der Waals surface area contributed by atoms with Gasteiger partial charge in [-0.1, -0.05) is 18.2 Å². The topological polar surface area (TPSA) is 65.4 Å². The summed E-state index contributed by atoms with van der Waals surface area (Å²) < 4.78 is 45.6. The van der Waals surface area contributed by atoms with Crippen molar-refractivity contribution in [3.8, 4) is 0 Å². The van der Waals surface area contributed by atoms with Gasteiger partial charge in [-0.05, 0) is 54.7 Å². The molecule has 1 aromatic heterocycles. The fourth-order valence-electron chi connectivity index (χ4n) is 4.14. The summed E-state index contributed by atoms with van der Waals surface area (Å²) in [6.45, 7) is 1.24. The van der Waals surface area contributed by atoms with Crippen molar-refractivity contribution in [2.75, 3.05) is 12.4 Å². The third-order valence-corrected chi connectivity index (χ3v) is 7.20. The Hall–Kier alpha value is -2.67. The number of sulfone groups is 1. The van der Waals surface area contributed by atoms with Crippen molar-refractivity contribution in [2.24, 2.45) is 5.92 Å². The van der Waals surface area contributed by atoms with Crippen LogP contribution in [0.1, 0.15) is 11.3 Å². The third-order valence-electron chi connectivity index (χ3n) is 5.30. The second-order valence-corrected chi connectivity index (χ2v) is 9.10. The summed E-state index contributed by atoms with van der Waals surface area (Å²) in [5.74, 6) is -0.472. The van der Waals surface area contributed by atoms with Crippen LogP contribution >= 0.6 is 0 Å². The number of fused-ring (bicyclic) bond motifs is 3. The second kappa shape index (κ2) is 7.39. The van der Waals surface area contributed by atoms with Gasteiger partial charge in [-0.2, -0.15) is 0 Å². The zero-order chi connectivity index (χ0) is 19.7. The number of carbonyl (C=O) groups excluding carboxylic acids is 1. The summed E-state index contributed by atoms with van der Waals surface area (Å²) in [6.07, 6.45) is 1.32. The van der Waals surface area contributed by atoms with Crippen LogP contribution in [-0.2, 0) is 38.8 Å². The van der Waals surface area contributed by atoms with Crippen molar-refractivity contribution in [3.63, 3.8) is 0 Å². The predicted octanol–water partition coefficient (Wildman–Crippen LogP) is 3.14. The Balaban J connectivity index is 1.60. The Labute approximate surface area is 162 Å². The fourth-order valence-corrected chi connectivity index (χ4v) is 5.74. The van der Waals surface area contributed by atoms with Gasteiger partial charge in [0.05, 0.1) is 17.2 Å². The average Bonchev–Trinajstić information content (AvgIpc) is 3.19. The van der Waals surface area contributed by atoms with Gasteiger partial charge in [0.15, 0.2) is 9.84 Å². The maximum absolute atomic E-state index is 13.1. The molecule has 0 spiro atoms. The molecule has 3 aromatic rings. The van der Waals surface area contributed by atoms with Gasteiger partial charge in [0.2, 0.25) is 0 Å². The Morgan fingerprint density at radius 2 is 1.86 bits per heavy atom. The number of para-hydroxylation sites is 1. The normalized spacial score (nSPS) is 16.2. The van der Waals surface area contributed by atoms with Gasteiger partial charge in [-0.3, -0.25) is 4.79 Å². The number of halogens is 1. The van der Waals surface area contributed by atoms with Crippen LogP contribution in [0.3, 0.4) is 0 Å². The van der Waals surface area contributed by atoms with Crippen molar-refractivity contribution in [1.29, 1.82) is 0 Å². The maximum Gasteiger partial charge on any atom is 0.293 e. The smallest absolute Gasteiger partial charge is 0.293 e. The first kappa shape index (κ1) is 18.7. The minimum absolute atomic E-state index is 0.0203. The maximum atomic E-state index is 13.1. The number of hydrogen-bond donors (Lipinski definition) is 0. The summed E-state index contributed by atoms with van der Waals surface area (Å²) in [5, 5.41) is 1.12. The molecule has 146 valence electrons. The molecule has 1 aliphatic rings. The molecule has 28 heavy (non-hydrogen) atoms. The highest BCUT2D eigenvalue weighted by molar-refractivity contribution is 7.91. The Morgan fingerprint density at radius 1 is 1.11 bits per heavy atom. The molecule has 0 aliphatic heterocycles. The lowest BCUT2D eigenvalue weighted by Gasteiger charge is -2.13. The van der Waals surface area contributed by atoms with Crippen LogP contribution in [0.2, 0.25) is 0 Å². The molecule has 1 atom stereocenters. The Morgan fingerprint density at radius 3 is 2.61 bits per heavy atom. The first-order valence-corrected chi connectivity index (χ1v) is 10.8. The number of rotatable bonds is 7. The van der Waals surface area contributed by atoms with E-state index >= 15 is 0 Å². The molecule has 1 heterocycles. The Kier molecular flexibility index (Phi) is 4.93. The van der Waals surface area contributed by atoms with Gasteiger partial charge < -0.3 is 9.30 Å². The average molecular weight is 401 g/mol. The highest BCUT2D eigenvalue weighted by atomic mass is 32.2. The van der Waals surface area contributed by atoms with E-state index in [4.69, 9.17) is 4.74 Å². The van der Waals surface area contributed by atoms with Gasteiger partial charge in [-0.15, -0.1) is 0 Å². The predicted molar refractivity (Wildman–Crippen MR) is 103 cm³/mol. The van der Waals surface area contributed by atoms with Gasteiger partial charge in [0.1, 0.15) is 12.4 Å². The van der Waals surface area contributed by atoms with E-state index in [1.54, 1.807) is 0 Å². The van der Waals surface area contributed by atoms with Crippen LogP contribution in [0, 0.1) is 11.7 Å². The molecule has 1 aliphatic carbocycles. The molecule has 5 nitrogen and oxygen atoms in total. The van der Waals surface area contributed by atoms with Crippen LogP contribution in [0.25, 0.3) is 10.9 Å². The van der Waals surface area contributed by atoms with Gasteiger partial charge in [0.25, 0.3) is 6.47 Å². The molecule has 0 radical (unpaired) electrons. The van der Waals surface area contributed by atoms with Crippen LogP contribution < -0.4 is 0 Å². The molecular formula is C21H20FNO4S. The van der Waals surface area contributed by atoms with E-state index < -0.39 is 15.7 Å². The van der Waals surface area contributed by atoms with E-state index in [-0.39, 0.29) is 23.2 Å². The first-order chi connectivity index (χ1) is 13.5. The molecule has 0 amide bonds. The monoisotopic (exact) mass is 401 g/mol. The zero-order valence-electron chi connectivity index (χ0n) is 15.2. The molecule has 0 N–H and O–H groups in total. The number of nitrogens with zero attached hydrogens (tertiary/aromatic N) is 1. The van der Waals surface area contributed by atoms with Crippen molar-refractivity contribution in [2.45, 2.75) is 24.3 Å². The minimum Gasteiger partial charge on any atom is -0.466 e. The van der Waals surface area contributed by atoms with Crippen LogP contribution in [0.4, 0.5) is 4.39 Å². The van der Waals surface area contributed by atoms with Crippen molar-refractivity contribution >= 4 is 27.2 Å². The molecule has 0 saturated carbocycles. The third kappa shape index (κ3) is 3.42. The summed E-state index contributed by atoms with van der Waals surface area (Å²) >= 11 is 0. The lowest BCUT2D eigenvalue weighted by molar-refractivity contribution is -0.128. The van der Waals surface area contributed by atoms with Crippen molar-refractivity contribution in [3.05, 3.63) is 65.6 Å². The van der Waals surface area contributed by atoms with E-state index in [0.29, 0.717) is 25.9 Å². The molecule has 4 rings (SSSR count). The van der Waals surface area contributed by atoms with Gasteiger partial charge in [-0.25, -0.2) is 12.8 Å². The summed E-state index contributed by atoms with van der Waals surface area (Å²) in [5.41, 5.74) is 3.35. The molecular weight excluding hydrogens is 381 g/mol. The lowest BCUT2D eigenvalue weighted by Crippen LogP contribution is -2.18. The summed E-state index contributed by atoms with van der Waals surface area (Å²) in [6, 6.07) is 13.0. The number of hydrogen-bond acceptors (Lipinski definition) is 4. The van der Waals surface area contributed by atoms with E-state index in [1.165, 1.54) is 29.8 Å². The molecule has 0 saturated heterocycles. The summed E-state index contributed by atoms with van der Waals surface area (Å²) in [4.78, 5) is 10.6. The van der Waals surface area contributed by atoms with E-state index in [0.717, 1.165) is 16.6 Å². The second-order valence-electron chi connectivity index (χ2n) is 7.07. The molecule has 0 unspecified atom stereocenters. The van der Waals surface area contributed by atoms with E-state index in [2.05, 4.69) is 4.57 Å². The quantitative estimate of drug-likeness (QED) is 0.347. The van der Waals surface area contributed by atoms with E-state index in [1.807, 2.05) is 24.3 Å². The fraction of sp³-hybridized carbons (Fsp3) is 0.286. The Bertz CT molecular complexity index is 1120. The SMILES string of the molecule is O=COCCn1c2c(c3ccccc31)C[C@H](CS(=O)(=O)c1ccc(F)cc1)C2. The largest absolute Gasteiger partial charge is 0.466 e. The first-order valence-electron chi connectivity index (χ1n) is 9.12. The number of benzene rings is 2. The van der Waals surface area contributed by atoms with Crippen molar-refractivity contribution < 1.29 is 22.3 Å². The van der Waals surface area contributed by atoms with Crippen LogP contribution in [0.15, 0.2) is 53.4 Å². The number of aromatic nitrogens is 1. The van der Waals surface area contributed by atoms with Crippen LogP contribution in [0.5, 0.6) is 0 Å². The lowest BCUT2D eigenvalue weighted by atomic mass is 10.1. The molecule has 7 heteroatoms. The van der Waals surface area contributed by atoms with E-state index in [9.17, 15) is 17.6 Å². The number of carbonyl (C=O) groups is 1. The molecule has 0 fully saturated rings. The van der Waals surface area contributed by atoms with Gasteiger partial charge in [0, 0.05) is 16.6 Å². The highest BCUT2D eigenvalue weighted by Gasteiger charge is 2.31. The highest BCUT2D eigenvalue weighted by Crippen LogP contribution is 2.36. The van der Waals surface area contributed by atoms with Crippen molar-refractivity contribution in [1.82, 2.24) is 4.57 Å².